The lowest BCUT2D eigenvalue weighted by atomic mass is 10.3. The van der Waals surface area contributed by atoms with Crippen molar-refractivity contribution in [2.24, 2.45) is 10.2 Å². The minimum atomic E-state index is -0.712. The van der Waals surface area contributed by atoms with Gasteiger partial charge >= 0.3 is 5.97 Å². The Morgan fingerprint density at radius 3 is 2.65 bits per heavy atom. The van der Waals surface area contributed by atoms with E-state index >= 15 is 0 Å². The number of rotatable bonds is 4. The van der Waals surface area contributed by atoms with Gasteiger partial charge in [0.1, 0.15) is 6.26 Å². The van der Waals surface area contributed by atoms with E-state index in [1.165, 1.54) is 0 Å². The van der Waals surface area contributed by atoms with Gasteiger partial charge in [-0.3, -0.25) is 0 Å². The maximum Gasteiger partial charge on any atom is 0.362 e. The fourth-order valence-electron chi connectivity index (χ4n) is 0.944. The van der Waals surface area contributed by atoms with Gasteiger partial charge in [-0.05, 0) is 31.2 Å². The Kier molecular flexibility index (Phi) is 5.35. The van der Waals surface area contributed by atoms with E-state index in [4.69, 9.17) is 5.11 Å². The number of halogens is 1. The van der Waals surface area contributed by atoms with Gasteiger partial charge in [0.2, 0.25) is 5.70 Å². The lowest BCUT2D eigenvalue weighted by Crippen LogP contribution is -2.05. The maximum absolute atomic E-state index is 11.2. The van der Waals surface area contributed by atoms with Crippen LogP contribution in [-0.2, 0) is 9.53 Å². The molecule has 17 heavy (non-hydrogen) atoms. The molecule has 0 saturated carbocycles. The number of aliphatic hydroxyl groups excluding tert-OH is 1. The Morgan fingerprint density at radius 1 is 1.47 bits per heavy atom. The lowest BCUT2D eigenvalue weighted by molar-refractivity contribution is -0.138. The molecule has 0 aromatic heterocycles. The Bertz CT molecular complexity index is 441. The minimum absolute atomic E-state index is 0.212. The molecule has 90 valence electrons. The molecule has 0 aliphatic heterocycles. The fraction of sp³-hybridized carbons (Fsp3) is 0.182. The SMILES string of the molecule is CCOC(=O)C(=CO)/N=N\c1ccc(Br)cc1. The highest BCUT2D eigenvalue weighted by molar-refractivity contribution is 9.10. The second kappa shape index (κ2) is 6.80. The second-order valence-corrected chi connectivity index (χ2v) is 3.83. The van der Waals surface area contributed by atoms with E-state index < -0.39 is 5.97 Å². The molecule has 0 spiro atoms. The second-order valence-electron chi connectivity index (χ2n) is 2.91. The zero-order valence-electron chi connectivity index (χ0n) is 9.13. The van der Waals surface area contributed by atoms with Gasteiger partial charge in [-0.25, -0.2) is 4.79 Å². The van der Waals surface area contributed by atoms with Crippen LogP contribution in [0.1, 0.15) is 6.92 Å². The van der Waals surface area contributed by atoms with Gasteiger partial charge in [-0.1, -0.05) is 15.9 Å². The van der Waals surface area contributed by atoms with Gasteiger partial charge in [0, 0.05) is 4.47 Å². The fourth-order valence-corrected chi connectivity index (χ4v) is 1.21. The molecule has 0 fully saturated rings. The first-order valence-electron chi connectivity index (χ1n) is 4.86. The summed E-state index contributed by atoms with van der Waals surface area (Å²) in [4.78, 5) is 11.2. The maximum atomic E-state index is 11.2. The van der Waals surface area contributed by atoms with Crippen molar-refractivity contribution in [3.05, 3.63) is 40.7 Å². The number of carbonyl (C=O) groups excluding carboxylic acids is 1. The highest BCUT2D eigenvalue weighted by atomic mass is 79.9. The average Bonchev–Trinajstić information content (AvgIpc) is 2.32. The standard InChI is InChI=1S/C11H11BrN2O3/c1-2-17-11(16)10(7-15)14-13-9-5-3-8(12)4-6-9/h3-7,15H,2H2,1H3/b10-7?,14-13-. The van der Waals surface area contributed by atoms with Crippen molar-refractivity contribution < 1.29 is 14.6 Å². The lowest BCUT2D eigenvalue weighted by Gasteiger charge is -1.99. The van der Waals surface area contributed by atoms with Crippen molar-refractivity contribution in [1.29, 1.82) is 0 Å². The predicted molar refractivity (Wildman–Crippen MR) is 66.0 cm³/mol. The van der Waals surface area contributed by atoms with Crippen LogP contribution in [0.15, 0.2) is 50.9 Å². The molecule has 1 aromatic rings. The van der Waals surface area contributed by atoms with E-state index in [1.54, 1.807) is 31.2 Å². The molecule has 6 heteroatoms. The number of benzene rings is 1. The van der Waals surface area contributed by atoms with Crippen molar-refractivity contribution in [2.75, 3.05) is 6.61 Å². The van der Waals surface area contributed by atoms with Crippen molar-refractivity contribution in [2.45, 2.75) is 6.92 Å². The number of hydrogen-bond acceptors (Lipinski definition) is 5. The Morgan fingerprint density at radius 2 is 2.12 bits per heavy atom. The largest absolute Gasteiger partial charge is 0.513 e. The van der Waals surface area contributed by atoms with Crippen LogP contribution in [0.2, 0.25) is 0 Å². The summed E-state index contributed by atoms with van der Waals surface area (Å²) < 4.78 is 5.59. The van der Waals surface area contributed by atoms with Gasteiger partial charge in [-0.2, -0.15) is 5.11 Å². The zero-order valence-corrected chi connectivity index (χ0v) is 10.7. The summed E-state index contributed by atoms with van der Waals surface area (Å²) in [6.45, 7) is 1.88. The molecule has 0 aliphatic rings. The van der Waals surface area contributed by atoms with Gasteiger partial charge in [-0.15, -0.1) is 5.11 Å². The van der Waals surface area contributed by atoms with E-state index in [1.807, 2.05) is 0 Å². The van der Waals surface area contributed by atoms with Crippen LogP contribution in [0.3, 0.4) is 0 Å². The van der Waals surface area contributed by atoms with Crippen LogP contribution in [0.25, 0.3) is 0 Å². The number of nitrogens with zero attached hydrogens (tertiary/aromatic N) is 2. The number of azo groups is 1. The molecular formula is C11H11BrN2O3. The average molecular weight is 299 g/mol. The van der Waals surface area contributed by atoms with Crippen LogP contribution in [0, 0.1) is 0 Å². The van der Waals surface area contributed by atoms with Crippen molar-refractivity contribution in [3.63, 3.8) is 0 Å². The molecular weight excluding hydrogens is 288 g/mol. The Balaban J connectivity index is 2.75. The summed E-state index contributed by atoms with van der Waals surface area (Å²) in [5.74, 6) is -0.712. The summed E-state index contributed by atoms with van der Waals surface area (Å²) >= 11 is 3.29. The van der Waals surface area contributed by atoms with Crippen molar-refractivity contribution in [1.82, 2.24) is 0 Å². The predicted octanol–water partition coefficient (Wildman–Crippen LogP) is 3.50. The minimum Gasteiger partial charge on any atom is -0.513 e. The topological polar surface area (TPSA) is 71.2 Å². The van der Waals surface area contributed by atoms with Crippen molar-refractivity contribution >= 4 is 27.6 Å². The first-order valence-corrected chi connectivity index (χ1v) is 5.65. The third kappa shape index (κ3) is 4.36. The molecule has 0 saturated heterocycles. The van der Waals surface area contributed by atoms with Gasteiger partial charge in [0.15, 0.2) is 0 Å². The van der Waals surface area contributed by atoms with E-state index in [0.717, 1.165) is 4.47 Å². The molecule has 0 heterocycles. The smallest absolute Gasteiger partial charge is 0.362 e. The molecule has 1 N–H and O–H groups in total. The summed E-state index contributed by atoms with van der Waals surface area (Å²) in [5.41, 5.74) is 0.326. The van der Waals surface area contributed by atoms with Gasteiger partial charge < -0.3 is 9.84 Å². The summed E-state index contributed by atoms with van der Waals surface area (Å²) in [6.07, 6.45) is 0.570. The van der Waals surface area contributed by atoms with E-state index in [0.29, 0.717) is 11.9 Å². The molecule has 0 amide bonds. The normalized spacial score (nSPS) is 11.8. The monoisotopic (exact) mass is 298 g/mol. The number of esters is 1. The first kappa shape index (κ1) is 13.4. The molecule has 0 radical (unpaired) electrons. The van der Waals surface area contributed by atoms with E-state index in [-0.39, 0.29) is 12.3 Å². The highest BCUT2D eigenvalue weighted by Gasteiger charge is 2.09. The summed E-state index contributed by atoms with van der Waals surface area (Å²) in [6, 6.07) is 7.02. The highest BCUT2D eigenvalue weighted by Crippen LogP contribution is 2.18. The zero-order chi connectivity index (χ0) is 12.7. The molecule has 0 bridgehead atoms. The van der Waals surface area contributed by atoms with E-state index in [9.17, 15) is 4.79 Å². The molecule has 0 aliphatic carbocycles. The van der Waals surface area contributed by atoms with Crippen LogP contribution < -0.4 is 0 Å². The van der Waals surface area contributed by atoms with Crippen LogP contribution >= 0.6 is 15.9 Å². The number of hydrogen-bond donors (Lipinski definition) is 1. The molecule has 5 nitrogen and oxygen atoms in total. The third-order valence-electron chi connectivity index (χ3n) is 1.71. The van der Waals surface area contributed by atoms with Gasteiger partial charge in [0.25, 0.3) is 0 Å². The molecule has 0 atom stereocenters. The van der Waals surface area contributed by atoms with Crippen LogP contribution in [0.5, 0.6) is 0 Å². The number of ether oxygens (including phenoxy) is 1. The number of aliphatic hydroxyl groups is 1. The Hall–Kier alpha value is -1.69. The van der Waals surface area contributed by atoms with Crippen molar-refractivity contribution in [3.8, 4) is 0 Å². The summed E-state index contributed by atoms with van der Waals surface area (Å²) in [7, 11) is 0. The third-order valence-corrected chi connectivity index (χ3v) is 2.24. The van der Waals surface area contributed by atoms with E-state index in [2.05, 4.69) is 30.9 Å². The quantitative estimate of drug-likeness (QED) is 0.400. The molecule has 1 aromatic carbocycles. The summed E-state index contributed by atoms with van der Waals surface area (Å²) in [5, 5.41) is 16.2. The Labute approximate surface area is 107 Å². The molecule has 1 rings (SSSR count). The molecule has 0 unspecified atom stereocenters. The van der Waals surface area contributed by atoms with Crippen LogP contribution in [-0.4, -0.2) is 17.7 Å². The number of carbonyl (C=O) groups is 1. The van der Waals surface area contributed by atoms with Crippen LogP contribution in [0.4, 0.5) is 5.69 Å². The van der Waals surface area contributed by atoms with Gasteiger partial charge in [0.05, 0.1) is 12.3 Å². The first-order chi connectivity index (χ1) is 8.17.